The molecule has 2 aromatic carbocycles. The average molecular weight is 301 g/mol. The molecule has 1 atom stereocenters. The first-order valence-electron chi connectivity index (χ1n) is 6.99. The Morgan fingerprint density at radius 3 is 2.86 bits per heavy atom. The van der Waals surface area contributed by atoms with E-state index in [1.54, 1.807) is 0 Å². The third-order valence-corrected chi connectivity index (χ3v) is 4.23. The predicted molar refractivity (Wildman–Crippen MR) is 84.7 cm³/mol. The van der Waals surface area contributed by atoms with Crippen LogP contribution in [0.5, 0.6) is 0 Å². The van der Waals surface area contributed by atoms with Crippen molar-refractivity contribution in [2.45, 2.75) is 19.4 Å². The summed E-state index contributed by atoms with van der Waals surface area (Å²) >= 11 is 6.07. The lowest BCUT2D eigenvalue weighted by molar-refractivity contribution is 0.0946. The Kier molecular flexibility index (Phi) is 3.70. The highest BCUT2D eigenvalue weighted by atomic mass is 35.5. The Morgan fingerprint density at radius 2 is 2.05 bits per heavy atom. The lowest BCUT2D eigenvalue weighted by atomic mass is 9.91. The number of aryl methyl sites for hydroxylation is 1. The summed E-state index contributed by atoms with van der Waals surface area (Å²) in [7, 11) is 0. The van der Waals surface area contributed by atoms with Crippen molar-refractivity contribution >= 4 is 17.5 Å². The van der Waals surface area contributed by atoms with Crippen LogP contribution in [0.1, 0.15) is 38.7 Å². The maximum absolute atomic E-state index is 11.9. The highest BCUT2D eigenvalue weighted by Crippen LogP contribution is 2.27. The fraction of sp³-hybridized carbons (Fsp3) is 0.235. The minimum Gasteiger partial charge on any atom is -0.352 e. The van der Waals surface area contributed by atoms with E-state index in [0.717, 1.165) is 34.2 Å². The van der Waals surface area contributed by atoms with Crippen LogP contribution in [-0.4, -0.2) is 12.5 Å². The Balaban J connectivity index is 2.02. The van der Waals surface area contributed by atoms with Gasteiger partial charge in [0.1, 0.15) is 0 Å². The predicted octanol–water partition coefficient (Wildman–Crippen LogP) is 2.98. The summed E-state index contributed by atoms with van der Waals surface area (Å²) in [5, 5.41) is 3.53. The van der Waals surface area contributed by atoms with Crippen LogP contribution in [-0.2, 0) is 6.42 Å². The first-order chi connectivity index (χ1) is 10.1. The Morgan fingerprint density at radius 1 is 1.24 bits per heavy atom. The molecular weight excluding hydrogens is 284 g/mol. The van der Waals surface area contributed by atoms with Crippen molar-refractivity contribution in [3.05, 3.63) is 69.2 Å². The van der Waals surface area contributed by atoms with Gasteiger partial charge in [0.2, 0.25) is 0 Å². The van der Waals surface area contributed by atoms with E-state index in [-0.39, 0.29) is 11.9 Å². The summed E-state index contributed by atoms with van der Waals surface area (Å²) in [4.78, 5) is 11.9. The summed E-state index contributed by atoms with van der Waals surface area (Å²) < 4.78 is 0. The lowest BCUT2D eigenvalue weighted by Crippen LogP contribution is -2.32. The van der Waals surface area contributed by atoms with Crippen molar-refractivity contribution in [2.24, 2.45) is 5.73 Å². The van der Waals surface area contributed by atoms with Crippen LogP contribution in [0.3, 0.4) is 0 Å². The van der Waals surface area contributed by atoms with Gasteiger partial charge in [0.05, 0.1) is 6.04 Å². The average Bonchev–Trinajstić information content (AvgIpc) is 2.49. The van der Waals surface area contributed by atoms with E-state index < -0.39 is 0 Å². The maximum Gasteiger partial charge on any atom is 0.251 e. The number of hydrogen-bond donors (Lipinski definition) is 2. The van der Waals surface area contributed by atoms with E-state index >= 15 is 0 Å². The number of nitrogens with two attached hydrogens (primary N) is 1. The molecule has 0 saturated heterocycles. The standard InChI is InChI=1S/C17H17ClN2O/c1-10-2-5-13(18)9-14(10)16(19)12-4-3-11-6-7-20-17(21)15(11)8-12/h2-5,8-9,16H,6-7,19H2,1H3,(H,20,21). The Hall–Kier alpha value is -1.84. The number of carbonyl (C=O) groups excluding carboxylic acids is 1. The van der Waals surface area contributed by atoms with Crippen LogP contribution in [0.25, 0.3) is 0 Å². The molecule has 1 unspecified atom stereocenters. The normalized spacial score (nSPS) is 15.3. The SMILES string of the molecule is Cc1ccc(Cl)cc1C(N)c1ccc2c(c1)C(=O)NCC2. The smallest absolute Gasteiger partial charge is 0.251 e. The zero-order valence-corrected chi connectivity index (χ0v) is 12.6. The minimum atomic E-state index is -0.288. The molecule has 4 heteroatoms. The van der Waals surface area contributed by atoms with E-state index in [4.69, 9.17) is 17.3 Å². The number of fused-ring (bicyclic) bond motifs is 1. The molecule has 1 aliphatic heterocycles. The van der Waals surface area contributed by atoms with Gasteiger partial charge in [-0.2, -0.15) is 0 Å². The molecule has 0 fully saturated rings. The van der Waals surface area contributed by atoms with Crippen molar-refractivity contribution in [1.29, 1.82) is 0 Å². The highest BCUT2D eigenvalue weighted by Gasteiger charge is 2.19. The summed E-state index contributed by atoms with van der Waals surface area (Å²) in [6.07, 6.45) is 0.868. The van der Waals surface area contributed by atoms with Crippen molar-refractivity contribution in [1.82, 2.24) is 5.32 Å². The second kappa shape index (κ2) is 5.51. The van der Waals surface area contributed by atoms with Gasteiger partial charge in [-0.05, 0) is 53.8 Å². The van der Waals surface area contributed by atoms with Gasteiger partial charge in [-0.1, -0.05) is 29.8 Å². The Bertz CT molecular complexity index is 712. The molecule has 0 bridgehead atoms. The lowest BCUT2D eigenvalue weighted by Gasteiger charge is -2.20. The van der Waals surface area contributed by atoms with Crippen molar-refractivity contribution in [2.75, 3.05) is 6.54 Å². The molecule has 3 rings (SSSR count). The monoisotopic (exact) mass is 300 g/mol. The van der Waals surface area contributed by atoms with Gasteiger partial charge in [0.25, 0.3) is 5.91 Å². The third kappa shape index (κ3) is 2.67. The zero-order valence-electron chi connectivity index (χ0n) is 11.8. The summed E-state index contributed by atoms with van der Waals surface area (Å²) in [5.74, 6) is -0.0203. The van der Waals surface area contributed by atoms with Gasteiger partial charge in [-0.3, -0.25) is 4.79 Å². The van der Waals surface area contributed by atoms with E-state index in [0.29, 0.717) is 11.6 Å². The zero-order chi connectivity index (χ0) is 15.0. The molecule has 0 saturated carbocycles. The molecular formula is C17H17ClN2O. The van der Waals surface area contributed by atoms with Crippen LogP contribution in [0, 0.1) is 6.92 Å². The van der Waals surface area contributed by atoms with Crippen LogP contribution in [0.15, 0.2) is 36.4 Å². The summed E-state index contributed by atoms with van der Waals surface area (Å²) in [6, 6.07) is 11.3. The minimum absolute atomic E-state index is 0.0203. The molecule has 0 aromatic heterocycles. The molecule has 1 amide bonds. The van der Waals surface area contributed by atoms with E-state index in [2.05, 4.69) is 5.32 Å². The largest absolute Gasteiger partial charge is 0.352 e. The van der Waals surface area contributed by atoms with Crippen LogP contribution < -0.4 is 11.1 Å². The van der Waals surface area contributed by atoms with Crippen LogP contribution >= 0.6 is 11.6 Å². The number of rotatable bonds is 2. The van der Waals surface area contributed by atoms with E-state index in [1.807, 2.05) is 43.3 Å². The second-order valence-electron chi connectivity index (χ2n) is 5.40. The van der Waals surface area contributed by atoms with Crippen molar-refractivity contribution in [3.63, 3.8) is 0 Å². The molecule has 3 N–H and O–H groups in total. The highest BCUT2D eigenvalue weighted by molar-refractivity contribution is 6.30. The molecule has 0 spiro atoms. The molecule has 3 nitrogen and oxygen atoms in total. The summed E-state index contributed by atoms with van der Waals surface area (Å²) in [5.41, 5.74) is 11.2. The van der Waals surface area contributed by atoms with Crippen LogP contribution in [0.4, 0.5) is 0 Å². The van der Waals surface area contributed by atoms with Gasteiger partial charge in [-0.15, -0.1) is 0 Å². The fourth-order valence-corrected chi connectivity index (χ4v) is 2.93. The van der Waals surface area contributed by atoms with Crippen LogP contribution in [0.2, 0.25) is 5.02 Å². The fourth-order valence-electron chi connectivity index (χ4n) is 2.75. The second-order valence-corrected chi connectivity index (χ2v) is 5.84. The summed E-state index contributed by atoms with van der Waals surface area (Å²) in [6.45, 7) is 2.71. The van der Waals surface area contributed by atoms with Gasteiger partial charge in [0.15, 0.2) is 0 Å². The first-order valence-corrected chi connectivity index (χ1v) is 7.36. The number of hydrogen-bond acceptors (Lipinski definition) is 2. The van der Waals surface area contributed by atoms with Gasteiger partial charge in [-0.25, -0.2) is 0 Å². The first kappa shape index (κ1) is 14.1. The molecule has 2 aromatic rings. The number of nitrogens with one attached hydrogen (secondary N) is 1. The molecule has 21 heavy (non-hydrogen) atoms. The topological polar surface area (TPSA) is 55.1 Å². The third-order valence-electron chi connectivity index (χ3n) is 3.99. The van der Waals surface area contributed by atoms with Gasteiger partial charge >= 0.3 is 0 Å². The molecule has 1 heterocycles. The number of amides is 1. The number of carbonyl (C=O) groups is 1. The molecule has 0 radical (unpaired) electrons. The maximum atomic E-state index is 11.9. The number of halogens is 1. The molecule has 108 valence electrons. The number of benzene rings is 2. The van der Waals surface area contributed by atoms with Gasteiger partial charge < -0.3 is 11.1 Å². The van der Waals surface area contributed by atoms with Gasteiger partial charge in [0, 0.05) is 17.1 Å². The molecule has 1 aliphatic rings. The molecule has 0 aliphatic carbocycles. The van der Waals surface area contributed by atoms with E-state index in [1.165, 1.54) is 0 Å². The van der Waals surface area contributed by atoms with Crippen molar-refractivity contribution in [3.8, 4) is 0 Å². The Labute approximate surface area is 129 Å². The quantitative estimate of drug-likeness (QED) is 0.896. The van der Waals surface area contributed by atoms with Crippen molar-refractivity contribution < 1.29 is 4.79 Å². The van der Waals surface area contributed by atoms with E-state index in [9.17, 15) is 4.79 Å².